The van der Waals surface area contributed by atoms with E-state index in [1.165, 1.54) is 14.0 Å². The molecule has 1 atom stereocenters. The molecule has 2 saturated heterocycles. The van der Waals surface area contributed by atoms with E-state index < -0.39 is 23.2 Å². The fourth-order valence-electron chi connectivity index (χ4n) is 3.45. The second-order valence-electron chi connectivity index (χ2n) is 6.71. The van der Waals surface area contributed by atoms with E-state index in [0.29, 0.717) is 17.1 Å². The Morgan fingerprint density at radius 3 is 2.34 bits per heavy atom. The monoisotopic (exact) mass is 420 g/mol. The van der Waals surface area contributed by atoms with E-state index >= 15 is 0 Å². The van der Waals surface area contributed by atoms with Gasteiger partial charge < -0.3 is 19.1 Å². The Bertz CT molecular complexity index is 863. The molecule has 3 rings (SSSR count). The molecule has 2 amide bonds. The van der Waals surface area contributed by atoms with E-state index in [2.05, 4.69) is 9.64 Å². The molecule has 1 aromatic carbocycles. The molecule has 0 aromatic heterocycles. The van der Waals surface area contributed by atoms with Gasteiger partial charge in [-0.05, 0) is 43.7 Å². The molecule has 9 heteroatoms. The first-order valence-electron chi connectivity index (χ1n) is 9.27. The lowest BCUT2D eigenvalue weighted by Crippen LogP contribution is -2.42. The van der Waals surface area contributed by atoms with Crippen molar-refractivity contribution in [3.63, 3.8) is 0 Å². The van der Waals surface area contributed by atoms with Crippen molar-refractivity contribution in [2.45, 2.75) is 25.8 Å². The Hall–Kier alpha value is -2.68. The molecule has 8 nitrogen and oxygen atoms in total. The number of hydrogen-bond acceptors (Lipinski definition) is 8. The van der Waals surface area contributed by atoms with Crippen LogP contribution in [0.25, 0.3) is 6.08 Å². The highest BCUT2D eigenvalue weighted by Crippen LogP contribution is 2.40. The third-order valence-electron chi connectivity index (χ3n) is 5.02. The van der Waals surface area contributed by atoms with Crippen LogP contribution in [-0.2, 0) is 14.3 Å². The summed E-state index contributed by atoms with van der Waals surface area (Å²) in [4.78, 5) is 40.2. The fraction of sp³-hybridized carbons (Fsp3) is 0.450. The minimum atomic E-state index is -0.993. The molecule has 2 aliphatic heterocycles. The van der Waals surface area contributed by atoms with Gasteiger partial charge in [-0.2, -0.15) is 0 Å². The number of amides is 2. The first-order chi connectivity index (χ1) is 13.9. The van der Waals surface area contributed by atoms with Crippen LogP contribution in [0.1, 0.15) is 25.3 Å². The quantitative estimate of drug-likeness (QED) is 0.513. The predicted octanol–water partition coefficient (Wildman–Crippen LogP) is 2.90. The molecular weight excluding hydrogens is 396 g/mol. The van der Waals surface area contributed by atoms with E-state index in [4.69, 9.17) is 9.47 Å². The van der Waals surface area contributed by atoms with Crippen molar-refractivity contribution in [3.05, 3.63) is 22.6 Å². The maximum absolute atomic E-state index is 12.7. The Morgan fingerprint density at radius 2 is 1.76 bits per heavy atom. The van der Waals surface area contributed by atoms with Gasteiger partial charge in [0.25, 0.3) is 11.1 Å². The number of thioether (sulfide) groups is 1. The number of methoxy groups -OCH3 is 3. The number of esters is 1. The summed E-state index contributed by atoms with van der Waals surface area (Å²) in [5, 5.41) is -0.515. The lowest BCUT2D eigenvalue weighted by Gasteiger charge is -2.22. The van der Waals surface area contributed by atoms with Gasteiger partial charge >= 0.3 is 5.97 Å². The number of carbonyl (C=O) groups excluding carboxylic acids is 3. The molecule has 29 heavy (non-hydrogen) atoms. The summed E-state index contributed by atoms with van der Waals surface area (Å²) in [6.45, 7) is 3.35. The summed E-state index contributed by atoms with van der Waals surface area (Å²) in [6.07, 6.45) is 3.83. The summed E-state index contributed by atoms with van der Waals surface area (Å²) < 4.78 is 15.7. The minimum Gasteiger partial charge on any atom is -0.496 e. The Labute approximate surface area is 173 Å². The number of rotatable bonds is 6. The van der Waals surface area contributed by atoms with E-state index in [0.717, 1.165) is 48.3 Å². The molecule has 0 N–H and O–H groups in total. The number of anilines is 1. The molecule has 2 heterocycles. The van der Waals surface area contributed by atoms with Crippen LogP contribution in [0.5, 0.6) is 11.5 Å². The molecule has 0 radical (unpaired) electrons. The number of ether oxygens (including phenoxy) is 3. The molecule has 2 aliphatic rings. The average Bonchev–Trinajstić information content (AvgIpc) is 3.35. The van der Waals surface area contributed by atoms with Crippen molar-refractivity contribution < 1.29 is 28.6 Å². The van der Waals surface area contributed by atoms with Gasteiger partial charge in [-0.15, -0.1) is 0 Å². The second kappa shape index (κ2) is 8.77. The molecule has 0 aliphatic carbocycles. The van der Waals surface area contributed by atoms with E-state index in [-0.39, 0.29) is 4.91 Å². The Morgan fingerprint density at radius 1 is 1.10 bits per heavy atom. The van der Waals surface area contributed by atoms with Crippen LogP contribution in [0.15, 0.2) is 17.0 Å². The molecular formula is C20H24N2O6S. The first kappa shape index (κ1) is 21.0. The van der Waals surface area contributed by atoms with Crippen LogP contribution in [-0.4, -0.2) is 62.5 Å². The number of hydrogen-bond donors (Lipinski definition) is 0. The van der Waals surface area contributed by atoms with Crippen molar-refractivity contribution in [1.82, 2.24) is 4.90 Å². The maximum Gasteiger partial charge on any atom is 0.328 e. The fourth-order valence-corrected chi connectivity index (χ4v) is 4.35. The minimum absolute atomic E-state index is 0.208. The predicted molar refractivity (Wildman–Crippen MR) is 110 cm³/mol. The van der Waals surface area contributed by atoms with Crippen LogP contribution < -0.4 is 14.4 Å². The van der Waals surface area contributed by atoms with E-state index in [9.17, 15) is 14.4 Å². The van der Waals surface area contributed by atoms with Crippen LogP contribution in [0.2, 0.25) is 0 Å². The van der Waals surface area contributed by atoms with Gasteiger partial charge in [-0.3, -0.25) is 14.5 Å². The van der Waals surface area contributed by atoms with Crippen molar-refractivity contribution in [2.75, 3.05) is 39.3 Å². The van der Waals surface area contributed by atoms with Gasteiger partial charge in [0.1, 0.15) is 17.5 Å². The van der Waals surface area contributed by atoms with Crippen molar-refractivity contribution in [3.8, 4) is 11.5 Å². The van der Waals surface area contributed by atoms with Gasteiger partial charge in [0.2, 0.25) is 0 Å². The molecule has 0 spiro atoms. The van der Waals surface area contributed by atoms with Crippen molar-refractivity contribution in [1.29, 1.82) is 0 Å². The second-order valence-corrected chi connectivity index (χ2v) is 7.70. The largest absolute Gasteiger partial charge is 0.496 e. The number of benzene rings is 1. The molecule has 156 valence electrons. The van der Waals surface area contributed by atoms with Crippen LogP contribution in [0, 0.1) is 0 Å². The molecule has 1 aromatic rings. The first-order valence-corrected chi connectivity index (χ1v) is 10.1. The Kier molecular flexibility index (Phi) is 6.36. The zero-order valence-electron chi connectivity index (χ0n) is 16.9. The summed E-state index contributed by atoms with van der Waals surface area (Å²) in [5.41, 5.74) is 1.55. The van der Waals surface area contributed by atoms with E-state index in [1.807, 2.05) is 6.07 Å². The lowest BCUT2D eigenvalue weighted by atomic mass is 10.1. The molecule has 2 fully saturated rings. The molecule has 0 saturated carbocycles. The summed E-state index contributed by atoms with van der Waals surface area (Å²) >= 11 is 0.779. The highest BCUT2D eigenvalue weighted by Gasteiger charge is 2.41. The summed E-state index contributed by atoms with van der Waals surface area (Å²) in [5.74, 6) is 0.0481. The zero-order chi connectivity index (χ0) is 21.1. The highest BCUT2D eigenvalue weighted by atomic mass is 32.2. The topological polar surface area (TPSA) is 85.4 Å². The number of imide groups is 1. The standard InChI is InChI=1S/C20H24N2O6S/c1-12(19(24)28-4)22-18(23)17(29-20(22)25)10-13-9-16(27-3)14(11-15(13)26-2)21-7-5-6-8-21/h9-12H,5-8H2,1-4H3/b17-10+. The van der Waals surface area contributed by atoms with Gasteiger partial charge in [0.15, 0.2) is 0 Å². The van der Waals surface area contributed by atoms with Crippen molar-refractivity contribution >= 4 is 40.6 Å². The third-order valence-corrected chi connectivity index (χ3v) is 5.90. The number of nitrogens with zero attached hydrogens (tertiary/aromatic N) is 2. The third kappa shape index (κ3) is 4.05. The van der Waals surface area contributed by atoms with Crippen LogP contribution >= 0.6 is 11.8 Å². The summed E-state index contributed by atoms with van der Waals surface area (Å²) in [7, 11) is 4.36. The highest BCUT2D eigenvalue weighted by molar-refractivity contribution is 8.18. The van der Waals surface area contributed by atoms with Gasteiger partial charge in [0, 0.05) is 24.7 Å². The summed E-state index contributed by atoms with van der Waals surface area (Å²) in [6, 6.07) is 2.69. The smallest absolute Gasteiger partial charge is 0.328 e. The zero-order valence-corrected chi connectivity index (χ0v) is 17.7. The van der Waals surface area contributed by atoms with Crippen LogP contribution in [0.4, 0.5) is 10.5 Å². The number of carbonyl (C=O) groups is 3. The van der Waals surface area contributed by atoms with Crippen molar-refractivity contribution in [2.24, 2.45) is 0 Å². The Balaban J connectivity index is 1.96. The van der Waals surface area contributed by atoms with Gasteiger partial charge in [-0.25, -0.2) is 4.79 Å². The SMILES string of the molecule is COC(=O)C(C)N1C(=O)S/C(=C/c2cc(OC)c(N3CCCC3)cc2OC)C1=O. The average molecular weight is 420 g/mol. The normalized spacial score (nSPS) is 19.1. The van der Waals surface area contributed by atoms with Gasteiger partial charge in [0.05, 0.1) is 31.9 Å². The molecule has 0 bridgehead atoms. The van der Waals surface area contributed by atoms with E-state index in [1.54, 1.807) is 26.4 Å². The molecule has 1 unspecified atom stereocenters. The van der Waals surface area contributed by atoms with Crippen LogP contribution in [0.3, 0.4) is 0 Å². The maximum atomic E-state index is 12.7. The lowest BCUT2D eigenvalue weighted by molar-refractivity contribution is -0.148. The van der Waals surface area contributed by atoms with Gasteiger partial charge in [-0.1, -0.05) is 0 Å².